The summed E-state index contributed by atoms with van der Waals surface area (Å²) in [5.41, 5.74) is 1.11. The SMILES string of the molecule is CN(C)Cc1nc(Cl)cc(C2CC2)n1. The predicted molar refractivity (Wildman–Crippen MR) is 56.4 cm³/mol. The monoisotopic (exact) mass is 211 g/mol. The molecule has 14 heavy (non-hydrogen) atoms. The fourth-order valence-corrected chi connectivity index (χ4v) is 1.64. The van der Waals surface area contributed by atoms with Crippen molar-refractivity contribution in [2.45, 2.75) is 25.3 Å². The number of hydrogen-bond donors (Lipinski definition) is 0. The quantitative estimate of drug-likeness (QED) is 0.717. The van der Waals surface area contributed by atoms with E-state index in [9.17, 15) is 0 Å². The van der Waals surface area contributed by atoms with E-state index in [1.165, 1.54) is 12.8 Å². The average Bonchev–Trinajstić information content (AvgIpc) is 2.82. The minimum absolute atomic E-state index is 0.568. The summed E-state index contributed by atoms with van der Waals surface area (Å²) in [5.74, 6) is 1.46. The molecule has 0 amide bonds. The molecule has 4 heteroatoms. The number of aromatic nitrogens is 2. The van der Waals surface area contributed by atoms with E-state index in [1.54, 1.807) is 0 Å². The Balaban J connectivity index is 2.22. The van der Waals surface area contributed by atoms with Crippen LogP contribution in [0.15, 0.2) is 6.07 Å². The van der Waals surface area contributed by atoms with Crippen molar-refractivity contribution in [3.05, 3.63) is 22.7 Å². The van der Waals surface area contributed by atoms with Crippen LogP contribution in [0.1, 0.15) is 30.3 Å². The highest BCUT2D eigenvalue weighted by atomic mass is 35.5. The van der Waals surface area contributed by atoms with Gasteiger partial charge in [0.15, 0.2) is 0 Å². The van der Waals surface area contributed by atoms with Crippen LogP contribution in [0.5, 0.6) is 0 Å². The molecule has 0 N–H and O–H groups in total. The average molecular weight is 212 g/mol. The van der Waals surface area contributed by atoms with Crippen molar-refractivity contribution < 1.29 is 0 Å². The highest BCUT2D eigenvalue weighted by molar-refractivity contribution is 6.29. The number of rotatable bonds is 3. The molecule has 0 unspecified atom stereocenters. The molecule has 0 atom stereocenters. The third-order valence-corrected chi connectivity index (χ3v) is 2.41. The third-order valence-electron chi connectivity index (χ3n) is 2.21. The third kappa shape index (κ3) is 2.42. The van der Waals surface area contributed by atoms with Gasteiger partial charge in [-0.3, -0.25) is 0 Å². The molecule has 0 radical (unpaired) electrons. The molecule has 1 aliphatic carbocycles. The lowest BCUT2D eigenvalue weighted by molar-refractivity contribution is 0.389. The maximum Gasteiger partial charge on any atom is 0.144 e. The van der Waals surface area contributed by atoms with Crippen LogP contribution in [0, 0.1) is 0 Å². The highest BCUT2D eigenvalue weighted by Gasteiger charge is 2.25. The van der Waals surface area contributed by atoms with Crippen molar-refractivity contribution in [1.29, 1.82) is 0 Å². The molecule has 0 bridgehead atoms. The molecule has 76 valence electrons. The van der Waals surface area contributed by atoms with Gasteiger partial charge in [0.1, 0.15) is 11.0 Å². The topological polar surface area (TPSA) is 29.0 Å². The maximum atomic E-state index is 5.94. The van der Waals surface area contributed by atoms with Crippen LogP contribution in [-0.2, 0) is 6.54 Å². The van der Waals surface area contributed by atoms with Crippen LogP contribution in [-0.4, -0.2) is 29.0 Å². The molecule has 0 spiro atoms. The van der Waals surface area contributed by atoms with Gasteiger partial charge in [-0.15, -0.1) is 0 Å². The standard InChI is InChI=1S/C10H14ClN3/c1-14(2)6-10-12-8(7-3-4-7)5-9(11)13-10/h5,7H,3-4,6H2,1-2H3. The zero-order valence-electron chi connectivity index (χ0n) is 8.50. The van der Waals surface area contributed by atoms with Gasteiger partial charge in [0.05, 0.1) is 6.54 Å². The van der Waals surface area contributed by atoms with Gasteiger partial charge < -0.3 is 4.90 Å². The lowest BCUT2D eigenvalue weighted by Gasteiger charge is -2.09. The lowest BCUT2D eigenvalue weighted by atomic mass is 10.3. The minimum Gasteiger partial charge on any atom is -0.302 e. The molecule has 1 aromatic rings. The van der Waals surface area contributed by atoms with E-state index < -0.39 is 0 Å². The second kappa shape index (κ2) is 3.83. The Morgan fingerprint density at radius 3 is 2.71 bits per heavy atom. The largest absolute Gasteiger partial charge is 0.302 e. The van der Waals surface area contributed by atoms with Gasteiger partial charge in [-0.05, 0) is 33.0 Å². The first kappa shape index (κ1) is 9.87. The summed E-state index contributed by atoms with van der Waals surface area (Å²) < 4.78 is 0. The van der Waals surface area contributed by atoms with Gasteiger partial charge in [-0.2, -0.15) is 0 Å². The molecular weight excluding hydrogens is 198 g/mol. The van der Waals surface area contributed by atoms with Crippen LogP contribution >= 0.6 is 11.6 Å². The zero-order valence-corrected chi connectivity index (χ0v) is 9.25. The molecule has 0 aliphatic heterocycles. The first-order valence-electron chi connectivity index (χ1n) is 4.83. The van der Waals surface area contributed by atoms with Crippen LogP contribution in [0.3, 0.4) is 0 Å². The smallest absolute Gasteiger partial charge is 0.144 e. The summed E-state index contributed by atoms with van der Waals surface area (Å²) in [6, 6.07) is 1.89. The molecule has 3 nitrogen and oxygen atoms in total. The second-order valence-electron chi connectivity index (χ2n) is 4.04. The number of nitrogens with zero attached hydrogens (tertiary/aromatic N) is 3. The zero-order chi connectivity index (χ0) is 10.1. The fourth-order valence-electron chi connectivity index (χ4n) is 1.43. The van der Waals surface area contributed by atoms with Crippen LogP contribution < -0.4 is 0 Å². The Morgan fingerprint density at radius 1 is 1.43 bits per heavy atom. The van der Waals surface area contributed by atoms with Gasteiger partial charge >= 0.3 is 0 Å². The van der Waals surface area contributed by atoms with Crippen LogP contribution in [0.2, 0.25) is 5.15 Å². The lowest BCUT2D eigenvalue weighted by Crippen LogP contribution is -2.14. The van der Waals surface area contributed by atoms with E-state index in [1.807, 2.05) is 25.1 Å². The minimum atomic E-state index is 0.568. The molecule has 0 saturated heterocycles. The van der Waals surface area contributed by atoms with Crippen molar-refractivity contribution in [1.82, 2.24) is 14.9 Å². The Hall–Kier alpha value is -0.670. The summed E-state index contributed by atoms with van der Waals surface area (Å²) in [4.78, 5) is 10.7. The summed E-state index contributed by atoms with van der Waals surface area (Å²) >= 11 is 5.94. The van der Waals surface area contributed by atoms with Crippen LogP contribution in [0.25, 0.3) is 0 Å². The van der Waals surface area contributed by atoms with Gasteiger partial charge in [0.2, 0.25) is 0 Å². The number of hydrogen-bond acceptors (Lipinski definition) is 3. The first-order valence-corrected chi connectivity index (χ1v) is 5.21. The van der Waals surface area contributed by atoms with Crippen molar-refractivity contribution in [3.8, 4) is 0 Å². The van der Waals surface area contributed by atoms with E-state index in [-0.39, 0.29) is 0 Å². The molecule has 1 saturated carbocycles. The van der Waals surface area contributed by atoms with Gasteiger partial charge in [-0.1, -0.05) is 11.6 Å². The molecule has 0 aromatic carbocycles. The van der Waals surface area contributed by atoms with Crippen molar-refractivity contribution in [3.63, 3.8) is 0 Å². The first-order chi connectivity index (χ1) is 6.65. The number of halogens is 1. The Bertz CT molecular complexity index is 334. The van der Waals surface area contributed by atoms with Gasteiger partial charge in [-0.25, -0.2) is 9.97 Å². The van der Waals surface area contributed by atoms with Crippen molar-refractivity contribution >= 4 is 11.6 Å². The predicted octanol–water partition coefficient (Wildman–Crippen LogP) is 2.07. The van der Waals surface area contributed by atoms with E-state index in [0.717, 1.165) is 18.1 Å². The van der Waals surface area contributed by atoms with E-state index in [0.29, 0.717) is 11.1 Å². The van der Waals surface area contributed by atoms with Crippen molar-refractivity contribution in [2.75, 3.05) is 14.1 Å². The fraction of sp³-hybridized carbons (Fsp3) is 0.600. The molecule has 2 rings (SSSR count). The highest BCUT2D eigenvalue weighted by Crippen LogP contribution is 2.39. The van der Waals surface area contributed by atoms with Crippen molar-refractivity contribution in [2.24, 2.45) is 0 Å². The maximum absolute atomic E-state index is 5.94. The van der Waals surface area contributed by atoms with E-state index in [2.05, 4.69) is 9.97 Å². The summed E-state index contributed by atoms with van der Waals surface area (Å²) in [7, 11) is 4.00. The second-order valence-corrected chi connectivity index (χ2v) is 4.43. The normalized spacial score (nSPS) is 16.3. The Kier molecular flexibility index (Phi) is 2.70. The summed E-state index contributed by atoms with van der Waals surface area (Å²) in [6.07, 6.45) is 2.49. The molecule has 1 heterocycles. The van der Waals surface area contributed by atoms with E-state index >= 15 is 0 Å². The van der Waals surface area contributed by atoms with Gasteiger partial charge in [0.25, 0.3) is 0 Å². The molecular formula is C10H14ClN3. The Morgan fingerprint density at radius 2 is 2.14 bits per heavy atom. The van der Waals surface area contributed by atoms with E-state index in [4.69, 9.17) is 11.6 Å². The van der Waals surface area contributed by atoms with Crippen LogP contribution in [0.4, 0.5) is 0 Å². The molecule has 1 aliphatic rings. The summed E-state index contributed by atoms with van der Waals surface area (Å²) in [6.45, 7) is 0.750. The van der Waals surface area contributed by atoms with Gasteiger partial charge in [0, 0.05) is 11.6 Å². The molecule has 1 fully saturated rings. The Labute approximate surface area is 89.1 Å². The summed E-state index contributed by atoms with van der Waals surface area (Å²) in [5, 5.41) is 0.568. The molecule has 1 aromatic heterocycles.